The number of hydrogen-bond donors (Lipinski definition) is 2. The number of nitrogens with one attached hydrogen (secondary N) is 1. The highest BCUT2D eigenvalue weighted by Crippen LogP contribution is 2.38. The summed E-state index contributed by atoms with van der Waals surface area (Å²) in [5.74, 6) is 0.399. The third kappa shape index (κ3) is 2.26. The molecule has 0 saturated carbocycles. The first kappa shape index (κ1) is 12.9. The van der Waals surface area contributed by atoms with E-state index in [1.54, 1.807) is 0 Å². The fraction of sp³-hybridized carbons (Fsp3) is 0.625. The van der Waals surface area contributed by atoms with Gasteiger partial charge in [-0.1, -0.05) is 6.07 Å². The smallest absolute Gasteiger partial charge is 0.115 e. The van der Waals surface area contributed by atoms with Gasteiger partial charge in [0.1, 0.15) is 5.75 Å². The van der Waals surface area contributed by atoms with E-state index in [4.69, 9.17) is 0 Å². The van der Waals surface area contributed by atoms with E-state index in [2.05, 4.69) is 30.1 Å². The van der Waals surface area contributed by atoms with Gasteiger partial charge in [0.05, 0.1) is 0 Å². The van der Waals surface area contributed by atoms with Crippen molar-refractivity contribution in [2.75, 3.05) is 19.6 Å². The van der Waals surface area contributed by atoms with E-state index in [1.807, 2.05) is 12.1 Å². The van der Waals surface area contributed by atoms with Gasteiger partial charge >= 0.3 is 0 Å². The number of phenols is 1. The van der Waals surface area contributed by atoms with Crippen LogP contribution < -0.4 is 5.32 Å². The van der Waals surface area contributed by atoms with E-state index in [9.17, 15) is 5.11 Å². The molecule has 0 aliphatic carbocycles. The minimum absolute atomic E-state index is 0.146. The normalized spacial score (nSPS) is 22.7. The van der Waals surface area contributed by atoms with Crippen LogP contribution in [0, 0.1) is 0 Å². The van der Waals surface area contributed by atoms with Gasteiger partial charge in [-0.25, -0.2) is 0 Å². The molecular weight excluding hydrogens is 236 g/mol. The lowest BCUT2D eigenvalue weighted by Gasteiger charge is -2.47. The van der Waals surface area contributed by atoms with Crippen molar-refractivity contribution in [1.82, 2.24) is 10.2 Å². The molecule has 19 heavy (non-hydrogen) atoms. The molecule has 0 atom stereocenters. The maximum Gasteiger partial charge on any atom is 0.115 e. The molecule has 0 radical (unpaired) electrons. The zero-order valence-electron chi connectivity index (χ0n) is 11.9. The highest BCUT2D eigenvalue weighted by molar-refractivity contribution is 5.41. The molecule has 0 unspecified atom stereocenters. The van der Waals surface area contributed by atoms with Crippen molar-refractivity contribution in [3.8, 4) is 5.75 Å². The molecule has 0 bridgehead atoms. The zero-order chi connectivity index (χ0) is 13.5. The van der Waals surface area contributed by atoms with E-state index >= 15 is 0 Å². The number of rotatable bonds is 1. The second-order valence-corrected chi connectivity index (χ2v) is 6.23. The van der Waals surface area contributed by atoms with Crippen LogP contribution in [-0.4, -0.2) is 35.7 Å². The Bertz CT molecular complexity index is 462. The third-order valence-electron chi connectivity index (χ3n) is 4.84. The van der Waals surface area contributed by atoms with Crippen LogP contribution in [-0.2, 0) is 12.0 Å². The highest BCUT2D eigenvalue weighted by Gasteiger charge is 2.39. The maximum atomic E-state index is 9.66. The summed E-state index contributed by atoms with van der Waals surface area (Å²) < 4.78 is 0. The molecule has 1 aromatic carbocycles. The Hall–Kier alpha value is -1.06. The zero-order valence-corrected chi connectivity index (χ0v) is 11.9. The molecule has 2 aliphatic rings. The van der Waals surface area contributed by atoms with Crippen LogP contribution in [0.1, 0.15) is 37.8 Å². The Morgan fingerprint density at radius 3 is 2.68 bits per heavy atom. The molecule has 0 amide bonds. The van der Waals surface area contributed by atoms with E-state index < -0.39 is 0 Å². The predicted molar refractivity (Wildman–Crippen MR) is 77.4 cm³/mol. The molecule has 104 valence electrons. The lowest BCUT2D eigenvalue weighted by Crippen LogP contribution is -2.55. The van der Waals surface area contributed by atoms with Crippen LogP contribution >= 0.6 is 0 Å². The Morgan fingerprint density at radius 1 is 1.26 bits per heavy atom. The summed E-state index contributed by atoms with van der Waals surface area (Å²) in [5.41, 5.74) is 2.89. The molecule has 0 aromatic heterocycles. The predicted octanol–water partition coefficient (Wildman–Crippen LogP) is 2.24. The van der Waals surface area contributed by atoms with Crippen molar-refractivity contribution in [2.24, 2.45) is 0 Å². The van der Waals surface area contributed by atoms with Crippen molar-refractivity contribution in [1.29, 1.82) is 0 Å². The topological polar surface area (TPSA) is 35.5 Å². The van der Waals surface area contributed by atoms with Gasteiger partial charge in [0, 0.05) is 31.2 Å². The maximum absolute atomic E-state index is 9.66. The molecule has 1 saturated heterocycles. The summed E-state index contributed by atoms with van der Waals surface area (Å²) >= 11 is 0. The van der Waals surface area contributed by atoms with Crippen LogP contribution in [0.15, 0.2) is 18.2 Å². The number of hydrogen-bond acceptors (Lipinski definition) is 3. The Morgan fingerprint density at radius 2 is 2.00 bits per heavy atom. The average molecular weight is 260 g/mol. The molecular formula is C16H24N2O. The number of fused-ring (bicyclic) bond motifs is 2. The van der Waals surface area contributed by atoms with Crippen molar-refractivity contribution >= 4 is 0 Å². The van der Waals surface area contributed by atoms with Crippen molar-refractivity contribution < 1.29 is 5.11 Å². The van der Waals surface area contributed by atoms with Crippen molar-refractivity contribution in [3.05, 3.63) is 29.3 Å². The average Bonchev–Trinajstić information content (AvgIpc) is 2.39. The van der Waals surface area contributed by atoms with E-state index in [-0.39, 0.29) is 5.54 Å². The SMILES string of the molecule is CC(C)N1CCC2(CC1)NCCc1cc(O)ccc12. The first-order chi connectivity index (χ1) is 9.11. The first-order valence-corrected chi connectivity index (χ1v) is 7.42. The van der Waals surface area contributed by atoms with Crippen LogP contribution in [0.3, 0.4) is 0 Å². The molecule has 3 heteroatoms. The molecule has 2 heterocycles. The number of piperidine rings is 1. The van der Waals surface area contributed by atoms with E-state index in [1.165, 1.54) is 24.0 Å². The molecule has 1 fully saturated rings. The van der Waals surface area contributed by atoms with Gasteiger partial charge in [-0.2, -0.15) is 0 Å². The van der Waals surface area contributed by atoms with Crippen molar-refractivity contribution in [3.63, 3.8) is 0 Å². The molecule has 1 aromatic rings. The van der Waals surface area contributed by atoms with Gasteiger partial charge in [-0.3, -0.25) is 0 Å². The second kappa shape index (κ2) is 4.80. The second-order valence-electron chi connectivity index (χ2n) is 6.23. The molecule has 1 spiro atoms. The molecule has 2 aliphatic heterocycles. The summed E-state index contributed by atoms with van der Waals surface area (Å²) in [6.07, 6.45) is 3.37. The molecule has 3 nitrogen and oxygen atoms in total. The number of likely N-dealkylation sites (tertiary alicyclic amines) is 1. The van der Waals surface area contributed by atoms with Gasteiger partial charge in [0.25, 0.3) is 0 Å². The van der Waals surface area contributed by atoms with E-state index in [0.29, 0.717) is 11.8 Å². The van der Waals surface area contributed by atoms with Gasteiger partial charge in [0.2, 0.25) is 0 Å². The summed E-state index contributed by atoms with van der Waals surface area (Å²) in [7, 11) is 0. The number of aromatic hydroxyl groups is 1. The molecule has 3 rings (SSSR count). The number of phenolic OH excluding ortho intramolecular Hbond substituents is 1. The van der Waals surface area contributed by atoms with E-state index in [0.717, 1.165) is 26.1 Å². The standard InChI is InChI=1S/C16H24N2O/c1-12(2)18-9-6-16(7-10-18)15-4-3-14(19)11-13(15)5-8-17-16/h3-4,11-12,17,19H,5-10H2,1-2H3. The van der Waals surface area contributed by atoms with Gasteiger partial charge in [-0.15, -0.1) is 0 Å². The first-order valence-electron chi connectivity index (χ1n) is 7.42. The van der Waals surface area contributed by atoms with Crippen LogP contribution in [0.2, 0.25) is 0 Å². The Kier molecular flexibility index (Phi) is 3.27. The van der Waals surface area contributed by atoms with Crippen molar-refractivity contribution in [2.45, 2.75) is 44.7 Å². The van der Waals surface area contributed by atoms with Gasteiger partial charge in [-0.05, 0) is 56.4 Å². The van der Waals surface area contributed by atoms with Crippen LogP contribution in [0.4, 0.5) is 0 Å². The summed E-state index contributed by atoms with van der Waals surface area (Å²) in [5, 5.41) is 13.4. The summed E-state index contributed by atoms with van der Waals surface area (Å²) in [6, 6.07) is 6.55. The van der Waals surface area contributed by atoms with Gasteiger partial charge < -0.3 is 15.3 Å². The third-order valence-corrected chi connectivity index (χ3v) is 4.84. The quantitative estimate of drug-likeness (QED) is 0.813. The minimum atomic E-state index is 0.146. The largest absolute Gasteiger partial charge is 0.508 e. The molecule has 2 N–H and O–H groups in total. The summed E-state index contributed by atoms with van der Waals surface area (Å²) in [4.78, 5) is 2.56. The van der Waals surface area contributed by atoms with Crippen LogP contribution in [0.5, 0.6) is 5.75 Å². The fourth-order valence-corrected chi connectivity index (χ4v) is 3.65. The van der Waals surface area contributed by atoms with Crippen LogP contribution in [0.25, 0.3) is 0 Å². The Balaban J connectivity index is 1.87. The summed E-state index contributed by atoms with van der Waals surface area (Å²) in [6.45, 7) is 7.89. The highest BCUT2D eigenvalue weighted by atomic mass is 16.3. The number of benzene rings is 1. The fourth-order valence-electron chi connectivity index (χ4n) is 3.65. The monoisotopic (exact) mass is 260 g/mol. The Labute approximate surface area is 115 Å². The number of nitrogens with zero attached hydrogens (tertiary/aromatic N) is 1. The lowest BCUT2D eigenvalue weighted by molar-refractivity contribution is 0.105. The van der Waals surface area contributed by atoms with Gasteiger partial charge in [0.15, 0.2) is 0 Å². The minimum Gasteiger partial charge on any atom is -0.508 e. The lowest BCUT2D eigenvalue weighted by atomic mass is 9.75.